The van der Waals surface area contributed by atoms with Gasteiger partial charge in [0.15, 0.2) is 0 Å². The first-order valence-electron chi connectivity index (χ1n) is 10.3. The molecular formula is C21H35NO4S. The molecule has 0 spiro atoms. The van der Waals surface area contributed by atoms with Gasteiger partial charge in [0.25, 0.3) is 0 Å². The molecule has 0 aromatic rings. The number of carbonyl (C=O) groups is 2. The lowest BCUT2D eigenvalue weighted by atomic mass is 9.93. The fourth-order valence-electron chi connectivity index (χ4n) is 3.61. The predicted molar refractivity (Wildman–Crippen MR) is 110 cm³/mol. The Morgan fingerprint density at radius 3 is 2.52 bits per heavy atom. The first-order chi connectivity index (χ1) is 12.8. The summed E-state index contributed by atoms with van der Waals surface area (Å²) in [6, 6.07) is 0. The third-order valence-electron chi connectivity index (χ3n) is 4.99. The summed E-state index contributed by atoms with van der Waals surface area (Å²) in [6.45, 7) is 9.61. The van der Waals surface area contributed by atoms with Crippen molar-refractivity contribution in [2.45, 2.75) is 78.2 Å². The molecule has 0 N–H and O–H groups in total. The molecule has 1 saturated heterocycles. The maximum absolute atomic E-state index is 12.1. The van der Waals surface area contributed by atoms with Crippen molar-refractivity contribution < 1.29 is 19.1 Å². The van der Waals surface area contributed by atoms with Gasteiger partial charge in [-0.15, -0.1) is 11.8 Å². The molecule has 154 valence electrons. The molecule has 2 aliphatic rings. The predicted octanol–water partition coefficient (Wildman–Crippen LogP) is 5.15. The molecule has 1 heterocycles. The number of thioether (sulfide) groups is 1. The van der Waals surface area contributed by atoms with Gasteiger partial charge >= 0.3 is 12.1 Å². The molecule has 1 aliphatic carbocycles. The molecule has 1 amide bonds. The van der Waals surface area contributed by atoms with Crippen LogP contribution in [-0.4, -0.2) is 48.0 Å². The van der Waals surface area contributed by atoms with Crippen molar-refractivity contribution >= 4 is 23.8 Å². The van der Waals surface area contributed by atoms with Crippen molar-refractivity contribution in [2.24, 2.45) is 5.92 Å². The van der Waals surface area contributed by atoms with E-state index >= 15 is 0 Å². The lowest BCUT2D eigenvalue weighted by Crippen LogP contribution is -2.41. The summed E-state index contributed by atoms with van der Waals surface area (Å²) in [5.74, 6) is 1.63. The van der Waals surface area contributed by atoms with Crippen molar-refractivity contribution in [3.8, 4) is 0 Å². The van der Waals surface area contributed by atoms with E-state index in [1.807, 2.05) is 44.4 Å². The van der Waals surface area contributed by atoms with Crippen LogP contribution in [0.3, 0.4) is 0 Å². The molecule has 0 unspecified atom stereocenters. The molecule has 0 aromatic carbocycles. The number of nitrogens with zero attached hydrogens (tertiary/aromatic N) is 1. The molecule has 0 radical (unpaired) electrons. The van der Waals surface area contributed by atoms with Gasteiger partial charge in [0.05, 0.1) is 6.61 Å². The van der Waals surface area contributed by atoms with Gasteiger partial charge in [-0.3, -0.25) is 0 Å². The van der Waals surface area contributed by atoms with Crippen molar-refractivity contribution in [3.63, 3.8) is 0 Å². The van der Waals surface area contributed by atoms with Crippen molar-refractivity contribution in [3.05, 3.63) is 10.5 Å². The van der Waals surface area contributed by atoms with E-state index in [1.54, 1.807) is 0 Å². The van der Waals surface area contributed by atoms with Crippen LogP contribution in [0.15, 0.2) is 10.5 Å². The summed E-state index contributed by atoms with van der Waals surface area (Å²) in [6.07, 6.45) is 7.23. The molecule has 0 saturated carbocycles. The molecule has 5 nitrogen and oxygen atoms in total. The number of esters is 1. The molecule has 2 rings (SSSR count). The molecule has 0 atom stereocenters. The maximum Gasteiger partial charge on any atom is 0.410 e. The number of amides is 1. The van der Waals surface area contributed by atoms with Crippen molar-refractivity contribution in [1.29, 1.82) is 0 Å². The van der Waals surface area contributed by atoms with Crippen molar-refractivity contribution in [2.75, 3.05) is 25.4 Å². The summed E-state index contributed by atoms with van der Waals surface area (Å²) < 4.78 is 10.6. The lowest BCUT2D eigenvalue weighted by Gasteiger charge is -2.33. The summed E-state index contributed by atoms with van der Waals surface area (Å²) >= 11 is 1.84. The maximum atomic E-state index is 12.1. The number of hydrogen-bond donors (Lipinski definition) is 0. The Bertz CT molecular complexity index is 545. The first kappa shape index (κ1) is 22.1. The van der Waals surface area contributed by atoms with Gasteiger partial charge in [-0.1, -0.05) is 0 Å². The number of hydrogen-bond acceptors (Lipinski definition) is 5. The number of allylic oxidation sites excluding steroid dienone is 1. The Balaban J connectivity index is 1.65. The highest BCUT2D eigenvalue weighted by Crippen LogP contribution is 2.36. The summed E-state index contributed by atoms with van der Waals surface area (Å²) in [4.78, 5) is 27.2. The zero-order valence-electron chi connectivity index (χ0n) is 17.3. The smallest absolute Gasteiger partial charge is 0.410 e. The Labute approximate surface area is 168 Å². The van der Waals surface area contributed by atoms with E-state index in [1.165, 1.54) is 11.3 Å². The second-order valence-electron chi connectivity index (χ2n) is 8.38. The fraction of sp³-hybridized carbons (Fsp3) is 0.810. The summed E-state index contributed by atoms with van der Waals surface area (Å²) in [5.41, 5.74) is 0.482. The average Bonchev–Trinajstić information content (AvgIpc) is 3.06. The minimum absolute atomic E-state index is 0.119. The highest BCUT2D eigenvalue weighted by atomic mass is 32.2. The van der Waals surface area contributed by atoms with Crippen LogP contribution in [0.25, 0.3) is 0 Å². The van der Waals surface area contributed by atoms with Gasteiger partial charge in [-0.2, -0.15) is 0 Å². The SMILES string of the molecule is CCOC(=O)C1=C(SCCCC2CCN(C(=O)OC(C)(C)C)CC2)CCC1. The van der Waals surface area contributed by atoms with Crippen LogP contribution in [0.5, 0.6) is 0 Å². The van der Waals surface area contributed by atoms with Crippen LogP contribution in [0, 0.1) is 5.92 Å². The van der Waals surface area contributed by atoms with Crippen LogP contribution in [0.1, 0.15) is 72.6 Å². The quantitative estimate of drug-likeness (QED) is 0.439. The van der Waals surface area contributed by atoms with Gasteiger partial charge in [0.1, 0.15) is 5.60 Å². The average molecular weight is 398 g/mol. The molecule has 0 aromatic heterocycles. The van der Waals surface area contributed by atoms with Crippen LogP contribution in [-0.2, 0) is 14.3 Å². The Morgan fingerprint density at radius 1 is 1.19 bits per heavy atom. The van der Waals surface area contributed by atoms with E-state index in [-0.39, 0.29) is 12.1 Å². The number of carbonyl (C=O) groups excluding carboxylic acids is 2. The minimum Gasteiger partial charge on any atom is -0.463 e. The number of rotatable bonds is 7. The zero-order valence-corrected chi connectivity index (χ0v) is 18.2. The fourth-order valence-corrected chi connectivity index (χ4v) is 4.81. The molecule has 0 bridgehead atoms. The highest BCUT2D eigenvalue weighted by Gasteiger charge is 2.27. The molecule has 6 heteroatoms. The Kier molecular flexibility index (Phi) is 8.52. The number of ether oxygens (including phenoxy) is 2. The van der Waals surface area contributed by atoms with Gasteiger partial charge in [0.2, 0.25) is 0 Å². The second-order valence-corrected chi connectivity index (χ2v) is 9.57. The zero-order chi connectivity index (χ0) is 19.9. The second kappa shape index (κ2) is 10.4. The van der Waals surface area contributed by atoms with Crippen molar-refractivity contribution in [1.82, 2.24) is 4.90 Å². The van der Waals surface area contributed by atoms with Crippen LogP contribution >= 0.6 is 11.8 Å². The summed E-state index contributed by atoms with van der Waals surface area (Å²) in [5, 5.41) is 0. The summed E-state index contributed by atoms with van der Waals surface area (Å²) in [7, 11) is 0. The first-order valence-corrected chi connectivity index (χ1v) is 11.3. The van der Waals surface area contributed by atoms with E-state index in [0.717, 1.165) is 62.9 Å². The van der Waals surface area contributed by atoms with Crippen LogP contribution < -0.4 is 0 Å². The highest BCUT2D eigenvalue weighted by molar-refractivity contribution is 8.03. The van der Waals surface area contributed by atoms with Gasteiger partial charge < -0.3 is 14.4 Å². The Hall–Kier alpha value is -1.17. The Morgan fingerprint density at radius 2 is 1.89 bits per heavy atom. The molecule has 1 fully saturated rings. The van der Waals surface area contributed by atoms with Gasteiger partial charge in [0, 0.05) is 18.7 Å². The van der Waals surface area contributed by atoms with Crippen LogP contribution in [0.4, 0.5) is 4.79 Å². The molecule has 1 aliphatic heterocycles. The van der Waals surface area contributed by atoms with Gasteiger partial charge in [-0.05, 0) is 89.2 Å². The third-order valence-corrected chi connectivity index (χ3v) is 6.28. The monoisotopic (exact) mass is 397 g/mol. The van der Waals surface area contributed by atoms with Crippen LogP contribution in [0.2, 0.25) is 0 Å². The third kappa shape index (κ3) is 7.40. The molecular weight excluding hydrogens is 362 g/mol. The van der Waals surface area contributed by atoms with E-state index in [9.17, 15) is 9.59 Å². The number of likely N-dealkylation sites (tertiary alicyclic amines) is 1. The van der Waals surface area contributed by atoms with E-state index in [0.29, 0.717) is 12.5 Å². The topological polar surface area (TPSA) is 55.8 Å². The lowest BCUT2D eigenvalue weighted by molar-refractivity contribution is -0.138. The standard InChI is InChI=1S/C21H35NO4S/c1-5-25-19(23)17-9-6-10-18(17)27-15-7-8-16-11-13-22(14-12-16)20(24)26-21(2,3)4/h16H,5-15H2,1-4H3. The largest absolute Gasteiger partial charge is 0.463 e. The normalized spacial score (nSPS) is 18.7. The minimum atomic E-state index is -0.428. The van der Waals surface area contributed by atoms with E-state index in [2.05, 4.69) is 0 Å². The molecule has 27 heavy (non-hydrogen) atoms. The van der Waals surface area contributed by atoms with E-state index in [4.69, 9.17) is 9.47 Å². The van der Waals surface area contributed by atoms with E-state index < -0.39 is 5.60 Å². The van der Waals surface area contributed by atoms with Gasteiger partial charge in [-0.25, -0.2) is 9.59 Å². The number of piperidine rings is 1.